The van der Waals surface area contributed by atoms with Crippen molar-refractivity contribution in [1.82, 2.24) is 5.32 Å². The molecule has 2 N–H and O–H groups in total. The topological polar surface area (TPSA) is 74.1 Å². The lowest BCUT2D eigenvalue weighted by atomic mass is 10.2. The molecule has 0 unspecified atom stereocenters. The third-order valence-electron chi connectivity index (χ3n) is 3.24. The molecule has 25 heavy (non-hydrogen) atoms. The van der Waals surface area contributed by atoms with Crippen LogP contribution in [0.15, 0.2) is 54.2 Å². The van der Waals surface area contributed by atoms with E-state index in [1.807, 2.05) is 18.2 Å². The number of anilines is 1. The number of benzene rings is 2. The molecule has 0 saturated carbocycles. The van der Waals surface area contributed by atoms with E-state index in [0.29, 0.717) is 28.0 Å². The number of nitrogens with zero attached hydrogens (tertiary/aromatic N) is 1. The van der Waals surface area contributed by atoms with E-state index in [1.165, 1.54) is 13.3 Å². The Balaban J connectivity index is 1.99. The number of nitriles is 1. The van der Waals surface area contributed by atoms with Crippen LogP contribution in [0.4, 0.5) is 5.69 Å². The van der Waals surface area contributed by atoms with Gasteiger partial charge in [0.25, 0.3) is 5.91 Å². The van der Waals surface area contributed by atoms with Crippen LogP contribution in [0, 0.1) is 11.3 Å². The first-order valence-corrected chi connectivity index (χ1v) is 8.02. The van der Waals surface area contributed by atoms with Crippen molar-refractivity contribution in [2.75, 3.05) is 12.4 Å². The quantitative estimate of drug-likeness (QED) is 0.587. The minimum absolute atomic E-state index is 0.0547. The van der Waals surface area contributed by atoms with Crippen molar-refractivity contribution < 1.29 is 9.53 Å². The summed E-state index contributed by atoms with van der Waals surface area (Å²) in [7, 11) is 1.50. The Kier molecular flexibility index (Phi) is 6.70. The smallest absolute Gasteiger partial charge is 0.267 e. The molecular weight excluding hydrogens is 361 g/mol. The number of ether oxygens (including phenoxy) is 1. The fourth-order valence-electron chi connectivity index (χ4n) is 1.96. The summed E-state index contributed by atoms with van der Waals surface area (Å²) in [6.07, 6.45) is 1.37. The second kappa shape index (κ2) is 8.97. The molecule has 1 amide bonds. The molecule has 0 aliphatic heterocycles. The van der Waals surface area contributed by atoms with Crippen LogP contribution in [-0.4, -0.2) is 13.0 Å². The number of hydrogen-bond acceptors (Lipinski definition) is 4. The monoisotopic (exact) mass is 375 g/mol. The summed E-state index contributed by atoms with van der Waals surface area (Å²) < 4.78 is 5.05. The molecular formula is C18H15Cl2N3O2. The third-order valence-corrected chi connectivity index (χ3v) is 3.79. The first-order valence-electron chi connectivity index (χ1n) is 7.26. The maximum Gasteiger partial charge on any atom is 0.267 e. The zero-order valence-electron chi connectivity index (χ0n) is 13.3. The van der Waals surface area contributed by atoms with Crippen LogP contribution in [0.25, 0.3) is 0 Å². The third kappa shape index (κ3) is 5.42. The number of carbonyl (C=O) groups excluding carboxylic acids is 1. The van der Waals surface area contributed by atoms with Crippen LogP contribution in [0.1, 0.15) is 5.56 Å². The average molecular weight is 376 g/mol. The van der Waals surface area contributed by atoms with Gasteiger partial charge < -0.3 is 15.4 Å². The minimum atomic E-state index is -0.535. The van der Waals surface area contributed by atoms with Gasteiger partial charge in [-0.1, -0.05) is 35.3 Å². The molecule has 5 nitrogen and oxygen atoms in total. The van der Waals surface area contributed by atoms with Gasteiger partial charge in [-0.15, -0.1) is 0 Å². The zero-order valence-corrected chi connectivity index (χ0v) is 14.9. The molecule has 0 heterocycles. The summed E-state index contributed by atoms with van der Waals surface area (Å²) >= 11 is 11.8. The highest BCUT2D eigenvalue weighted by Gasteiger charge is 2.10. The molecule has 0 spiro atoms. The largest absolute Gasteiger partial charge is 0.495 e. The first kappa shape index (κ1) is 18.7. The van der Waals surface area contributed by atoms with Crippen LogP contribution in [0.3, 0.4) is 0 Å². The van der Waals surface area contributed by atoms with Gasteiger partial charge in [-0.25, -0.2) is 0 Å². The molecule has 128 valence electrons. The van der Waals surface area contributed by atoms with Gasteiger partial charge in [-0.3, -0.25) is 4.79 Å². The SMILES string of the molecule is COc1ccc(NC(=O)/C(C#N)=C\NCc2ccc(Cl)cc2)cc1Cl. The molecule has 0 radical (unpaired) electrons. The molecule has 0 atom stereocenters. The lowest BCUT2D eigenvalue weighted by Gasteiger charge is -2.08. The van der Waals surface area contributed by atoms with Crippen molar-refractivity contribution in [3.05, 3.63) is 69.8 Å². The van der Waals surface area contributed by atoms with E-state index in [0.717, 1.165) is 5.56 Å². The molecule has 2 rings (SSSR count). The maximum absolute atomic E-state index is 12.2. The van der Waals surface area contributed by atoms with E-state index in [9.17, 15) is 4.79 Å². The second-order valence-corrected chi connectivity index (χ2v) is 5.82. The van der Waals surface area contributed by atoms with E-state index in [1.54, 1.807) is 30.3 Å². The number of amides is 1. The van der Waals surface area contributed by atoms with Crippen LogP contribution in [0.5, 0.6) is 5.75 Å². The van der Waals surface area contributed by atoms with Crippen LogP contribution in [0.2, 0.25) is 10.0 Å². The number of methoxy groups -OCH3 is 1. The van der Waals surface area contributed by atoms with Gasteiger partial charge in [-0.2, -0.15) is 5.26 Å². The zero-order chi connectivity index (χ0) is 18.2. The highest BCUT2D eigenvalue weighted by atomic mass is 35.5. The van der Waals surface area contributed by atoms with Crippen molar-refractivity contribution in [3.8, 4) is 11.8 Å². The van der Waals surface area contributed by atoms with E-state index >= 15 is 0 Å². The summed E-state index contributed by atoms with van der Waals surface area (Å²) in [6, 6.07) is 13.9. The summed E-state index contributed by atoms with van der Waals surface area (Å²) in [5.41, 5.74) is 1.39. The molecule has 0 saturated heterocycles. The molecule has 2 aromatic carbocycles. The number of hydrogen-bond donors (Lipinski definition) is 2. The summed E-state index contributed by atoms with van der Waals surface area (Å²) in [5, 5.41) is 15.7. The van der Waals surface area contributed by atoms with Gasteiger partial charge in [-0.05, 0) is 35.9 Å². The second-order valence-electron chi connectivity index (χ2n) is 4.98. The molecule has 0 aliphatic rings. The van der Waals surface area contributed by atoms with Crippen LogP contribution < -0.4 is 15.4 Å². The van der Waals surface area contributed by atoms with Crippen LogP contribution in [-0.2, 0) is 11.3 Å². The van der Waals surface area contributed by atoms with Gasteiger partial charge in [0.05, 0.1) is 12.1 Å². The maximum atomic E-state index is 12.2. The Morgan fingerprint density at radius 3 is 2.56 bits per heavy atom. The Bertz CT molecular complexity index is 827. The van der Waals surface area contributed by atoms with Crippen molar-refractivity contribution in [3.63, 3.8) is 0 Å². The van der Waals surface area contributed by atoms with E-state index in [-0.39, 0.29) is 5.57 Å². The van der Waals surface area contributed by atoms with Gasteiger partial charge in [0.2, 0.25) is 0 Å². The Morgan fingerprint density at radius 1 is 1.24 bits per heavy atom. The first-order chi connectivity index (χ1) is 12.0. The molecule has 0 aromatic heterocycles. The number of nitrogens with one attached hydrogen (secondary N) is 2. The predicted octanol–water partition coefficient (Wildman–Crippen LogP) is 4.14. The predicted molar refractivity (Wildman–Crippen MR) is 98.6 cm³/mol. The van der Waals surface area contributed by atoms with E-state index < -0.39 is 5.91 Å². The molecule has 0 fully saturated rings. The number of halogens is 2. The summed E-state index contributed by atoms with van der Waals surface area (Å²) in [4.78, 5) is 12.2. The van der Waals surface area contributed by atoms with Gasteiger partial charge >= 0.3 is 0 Å². The fourth-order valence-corrected chi connectivity index (χ4v) is 2.35. The normalized spacial score (nSPS) is 10.7. The fraction of sp³-hybridized carbons (Fsp3) is 0.111. The van der Waals surface area contributed by atoms with Crippen molar-refractivity contribution in [2.24, 2.45) is 0 Å². The van der Waals surface area contributed by atoms with Crippen LogP contribution >= 0.6 is 23.2 Å². The molecule has 2 aromatic rings. The van der Waals surface area contributed by atoms with Gasteiger partial charge in [0, 0.05) is 23.5 Å². The lowest BCUT2D eigenvalue weighted by molar-refractivity contribution is -0.112. The Hall–Kier alpha value is -2.68. The molecule has 0 bridgehead atoms. The number of carbonyl (C=O) groups is 1. The lowest BCUT2D eigenvalue weighted by Crippen LogP contribution is -2.16. The summed E-state index contributed by atoms with van der Waals surface area (Å²) in [5.74, 6) is -0.0346. The Labute approximate surface area is 155 Å². The highest BCUT2D eigenvalue weighted by Crippen LogP contribution is 2.27. The van der Waals surface area contributed by atoms with E-state index in [4.69, 9.17) is 33.2 Å². The molecule has 0 aliphatic carbocycles. The molecule has 7 heteroatoms. The van der Waals surface area contributed by atoms with E-state index in [2.05, 4.69) is 10.6 Å². The van der Waals surface area contributed by atoms with Crippen molar-refractivity contribution in [1.29, 1.82) is 5.26 Å². The van der Waals surface area contributed by atoms with Gasteiger partial charge in [0.1, 0.15) is 17.4 Å². The Morgan fingerprint density at radius 2 is 1.96 bits per heavy atom. The number of rotatable bonds is 6. The highest BCUT2D eigenvalue weighted by molar-refractivity contribution is 6.32. The van der Waals surface area contributed by atoms with Crippen molar-refractivity contribution in [2.45, 2.75) is 6.54 Å². The summed E-state index contributed by atoms with van der Waals surface area (Å²) in [6.45, 7) is 0.462. The van der Waals surface area contributed by atoms with Gasteiger partial charge in [0.15, 0.2) is 0 Å². The standard InChI is InChI=1S/C18H15Cl2N3O2/c1-25-17-7-6-15(8-16(17)20)23-18(24)13(9-21)11-22-10-12-2-4-14(19)5-3-12/h2-8,11,22H,10H2,1H3,(H,23,24)/b13-11-. The van der Waals surface area contributed by atoms with Crippen molar-refractivity contribution >= 4 is 34.8 Å². The minimum Gasteiger partial charge on any atom is -0.495 e. The average Bonchev–Trinajstić information content (AvgIpc) is 2.60.